The number of rotatable bonds is 3. The molecule has 1 atom stereocenters. The molecule has 0 aliphatic rings. The lowest BCUT2D eigenvalue weighted by atomic mass is 10.2. The normalized spacial score (nSPS) is 14.7. The first-order valence-electron chi connectivity index (χ1n) is 5.56. The maximum atomic E-state index is 11.9. The number of ether oxygens (including phenoxy) is 1. The van der Waals surface area contributed by atoms with Crippen LogP contribution in [-0.2, 0) is 4.74 Å². The van der Waals surface area contributed by atoms with Gasteiger partial charge < -0.3 is 20.4 Å². The number of nitrogens with zero attached hydrogens (tertiary/aromatic N) is 2. The van der Waals surface area contributed by atoms with Gasteiger partial charge >= 0.3 is 6.09 Å². The Hall–Kier alpha value is -0.950. The summed E-state index contributed by atoms with van der Waals surface area (Å²) in [4.78, 5) is 13.4. The highest BCUT2D eigenvalue weighted by Crippen LogP contribution is 2.18. The average Bonchev–Trinajstić information content (AvgIpc) is 2.12. The van der Waals surface area contributed by atoms with E-state index in [1.807, 2.05) is 27.7 Å². The summed E-state index contributed by atoms with van der Waals surface area (Å²) in [6.45, 7) is 7.26. The van der Waals surface area contributed by atoms with Gasteiger partial charge in [-0.2, -0.15) is 0 Å². The summed E-state index contributed by atoms with van der Waals surface area (Å²) >= 11 is 3.18. The van der Waals surface area contributed by atoms with E-state index >= 15 is 0 Å². The van der Waals surface area contributed by atoms with E-state index in [1.54, 1.807) is 14.1 Å². The van der Waals surface area contributed by atoms with Crippen molar-refractivity contribution in [1.29, 1.82) is 0 Å². The minimum Gasteiger partial charge on any atom is -0.444 e. The fourth-order valence-electron chi connectivity index (χ4n) is 1.34. The Balaban J connectivity index is 4.94. The second kappa shape index (κ2) is 6.29. The Morgan fingerprint density at radius 1 is 1.33 bits per heavy atom. The van der Waals surface area contributed by atoms with Crippen LogP contribution in [0.1, 0.15) is 27.7 Å². The van der Waals surface area contributed by atoms with Gasteiger partial charge in [-0.25, -0.2) is 10.6 Å². The summed E-state index contributed by atoms with van der Waals surface area (Å²) in [5.74, 6) is 5.69. The largest absolute Gasteiger partial charge is 0.444 e. The summed E-state index contributed by atoms with van der Waals surface area (Å²) in [5, 5.41) is 1.37. The number of halogens is 1. The Labute approximate surface area is 117 Å². The first kappa shape index (κ1) is 17.1. The minimum atomic E-state index is -0.538. The SMILES string of the molecule is CC(/C(=C(/N)Br)N(C)N)N(C)C(=O)OC(C)(C)C. The summed E-state index contributed by atoms with van der Waals surface area (Å²) in [7, 11) is 3.29. The van der Waals surface area contributed by atoms with Crippen molar-refractivity contribution in [3.8, 4) is 0 Å². The third-order valence-electron chi connectivity index (χ3n) is 2.28. The second-order valence-electron chi connectivity index (χ2n) is 5.11. The molecular weight excluding hydrogens is 300 g/mol. The molecule has 7 heteroatoms. The minimum absolute atomic E-state index is 0.311. The predicted octanol–water partition coefficient (Wildman–Crippen LogP) is 1.57. The third kappa shape index (κ3) is 5.14. The topological polar surface area (TPSA) is 84.8 Å². The van der Waals surface area contributed by atoms with E-state index in [9.17, 15) is 4.79 Å². The first-order valence-corrected chi connectivity index (χ1v) is 6.36. The predicted molar refractivity (Wildman–Crippen MR) is 75.5 cm³/mol. The quantitative estimate of drug-likeness (QED) is 0.468. The van der Waals surface area contributed by atoms with Crippen molar-refractivity contribution < 1.29 is 9.53 Å². The van der Waals surface area contributed by atoms with Crippen LogP contribution in [0, 0.1) is 0 Å². The molecule has 0 aromatic heterocycles. The Kier molecular flexibility index (Phi) is 5.95. The Bertz CT molecular complexity index is 332. The lowest BCUT2D eigenvalue weighted by molar-refractivity contribution is 0.0243. The molecule has 18 heavy (non-hydrogen) atoms. The molecule has 4 N–H and O–H groups in total. The van der Waals surface area contributed by atoms with Gasteiger partial charge in [-0.3, -0.25) is 0 Å². The van der Waals surface area contributed by atoms with Gasteiger partial charge in [0.05, 0.1) is 16.3 Å². The highest BCUT2D eigenvalue weighted by Gasteiger charge is 2.26. The van der Waals surface area contributed by atoms with Gasteiger partial charge in [0, 0.05) is 14.1 Å². The fourth-order valence-corrected chi connectivity index (χ4v) is 1.95. The van der Waals surface area contributed by atoms with E-state index in [2.05, 4.69) is 15.9 Å². The molecule has 0 bridgehead atoms. The first-order chi connectivity index (χ1) is 7.97. The summed E-state index contributed by atoms with van der Waals surface area (Å²) in [6.07, 6.45) is -0.428. The van der Waals surface area contributed by atoms with Crippen molar-refractivity contribution in [2.45, 2.75) is 39.3 Å². The number of hydrogen-bond donors (Lipinski definition) is 2. The van der Waals surface area contributed by atoms with Crippen molar-refractivity contribution in [3.05, 3.63) is 10.3 Å². The average molecular weight is 323 g/mol. The highest BCUT2D eigenvalue weighted by molar-refractivity contribution is 9.11. The number of nitrogens with two attached hydrogens (primary N) is 2. The van der Waals surface area contributed by atoms with Crippen LogP contribution in [-0.4, -0.2) is 41.7 Å². The molecule has 0 aromatic rings. The van der Waals surface area contributed by atoms with Crippen molar-refractivity contribution >= 4 is 22.0 Å². The van der Waals surface area contributed by atoms with Gasteiger partial charge in [0.25, 0.3) is 0 Å². The van der Waals surface area contributed by atoms with Gasteiger partial charge in [-0.1, -0.05) is 0 Å². The van der Waals surface area contributed by atoms with E-state index in [0.29, 0.717) is 10.3 Å². The van der Waals surface area contributed by atoms with Crippen molar-refractivity contribution in [1.82, 2.24) is 9.91 Å². The van der Waals surface area contributed by atoms with Crippen LogP contribution < -0.4 is 11.6 Å². The van der Waals surface area contributed by atoms with Crippen molar-refractivity contribution in [2.24, 2.45) is 11.6 Å². The monoisotopic (exact) mass is 322 g/mol. The molecule has 0 saturated carbocycles. The van der Waals surface area contributed by atoms with E-state index in [4.69, 9.17) is 16.3 Å². The molecule has 6 nitrogen and oxygen atoms in total. The lowest BCUT2D eigenvalue weighted by Gasteiger charge is -2.32. The zero-order chi connectivity index (χ0) is 14.7. The number of carbonyl (C=O) groups excluding carboxylic acids is 1. The molecule has 0 spiro atoms. The molecule has 0 aromatic carbocycles. The number of carbonyl (C=O) groups is 1. The number of amides is 1. The summed E-state index contributed by atoms with van der Waals surface area (Å²) in [5.41, 5.74) is 5.76. The number of likely N-dealkylation sites (N-methyl/N-ethyl adjacent to an activating group) is 2. The summed E-state index contributed by atoms with van der Waals surface area (Å²) in [6, 6.07) is -0.311. The Morgan fingerprint density at radius 2 is 1.78 bits per heavy atom. The molecule has 0 aliphatic heterocycles. The highest BCUT2D eigenvalue weighted by atomic mass is 79.9. The number of hydrazine groups is 1. The van der Waals surface area contributed by atoms with Gasteiger partial charge in [-0.15, -0.1) is 0 Å². The molecule has 0 rings (SSSR count). The van der Waals surface area contributed by atoms with Crippen LogP contribution in [0.5, 0.6) is 0 Å². The molecule has 0 saturated heterocycles. The molecular formula is C11H23BrN4O2. The van der Waals surface area contributed by atoms with E-state index in [1.165, 1.54) is 9.91 Å². The van der Waals surface area contributed by atoms with Crippen LogP contribution >= 0.6 is 15.9 Å². The maximum Gasteiger partial charge on any atom is 0.410 e. The van der Waals surface area contributed by atoms with Crippen molar-refractivity contribution in [3.63, 3.8) is 0 Å². The van der Waals surface area contributed by atoms with Crippen LogP contribution in [0.25, 0.3) is 0 Å². The van der Waals surface area contributed by atoms with Crippen LogP contribution in [0.3, 0.4) is 0 Å². The van der Waals surface area contributed by atoms with E-state index in [0.717, 1.165) is 0 Å². The van der Waals surface area contributed by atoms with E-state index < -0.39 is 11.7 Å². The van der Waals surface area contributed by atoms with Crippen LogP contribution in [0.15, 0.2) is 10.3 Å². The summed E-state index contributed by atoms with van der Waals surface area (Å²) < 4.78 is 5.66. The van der Waals surface area contributed by atoms with Gasteiger partial charge in [0.15, 0.2) is 0 Å². The zero-order valence-corrected chi connectivity index (χ0v) is 13.4. The molecule has 0 heterocycles. The molecule has 1 amide bonds. The lowest BCUT2D eigenvalue weighted by Crippen LogP contribution is -2.45. The fraction of sp³-hybridized carbons (Fsp3) is 0.727. The molecule has 0 fully saturated rings. The van der Waals surface area contributed by atoms with Crippen LogP contribution in [0.2, 0.25) is 0 Å². The van der Waals surface area contributed by atoms with E-state index in [-0.39, 0.29) is 6.04 Å². The number of hydrogen-bond acceptors (Lipinski definition) is 5. The second-order valence-corrected chi connectivity index (χ2v) is 5.97. The molecule has 0 aliphatic carbocycles. The Morgan fingerprint density at radius 3 is 2.06 bits per heavy atom. The molecule has 106 valence electrons. The molecule has 1 unspecified atom stereocenters. The van der Waals surface area contributed by atoms with Crippen LogP contribution in [0.4, 0.5) is 4.79 Å². The maximum absolute atomic E-state index is 11.9. The molecule has 0 radical (unpaired) electrons. The van der Waals surface area contributed by atoms with Crippen molar-refractivity contribution in [2.75, 3.05) is 14.1 Å². The standard InChI is InChI=1S/C11H23BrN4O2/c1-7(8(9(12)13)16(6)14)15(5)10(17)18-11(2,3)4/h7H,13-14H2,1-6H3/b9-8-. The van der Waals surface area contributed by atoms with Gasteiger partial charge in [-0.05, 0) is 43.6 Å². The van der Waals surface area contributed by atoms with Gasteiger partial charge in [0.2, 0.25) is 0 Å². The third-order valence-corrected chi connectivity index (χ3v) is 2.69. The smallest absolute Gasteiger partial charge is 0.410 e. The zero-order valence-electron chi connectivity index (χ0n) is 11.8. The van der Waals surface area contributed by atoms with Gasteiger partial charge in [0.1, 0.15) is 5.60 Å².